The lowest BCUT2D eigenvalue weighted by Crippen LogP contribution is -2.47. The number of benzene rings is 1. The molecular formula is C17H19N3O6. The fourth-order valence-electron chi connectivity index (χ4n) is 3.15. The Morgan fingerprint density at radius 2 is 2.04 bits per heavy atom. The zero-order valence-electron chi connectivity index (χ0n) is 14.0. The Morgan fingerprint density at radius 1 is 1.31 bits per heavy atom. The number of nitrogens with one attached hydrogen (secondary N) is 1. The lowest BCUT2D eigenvalue weighted by molar-refractivity contribution is -0.384. The summed E-state index contributed by atoms with van der Waals surface area (Å²) in [5.41, 5.74) is -0.305. The Labute approximate surface area is 148 Å². The van der Waals surface area contributed by atoms with E-state index in [9.17, 15) is 24.8 Å². The number of amides is 1. The van der Waals surface area contributed by atoms with Crippen LogP contribution >= 0.6 is 0 Å². The van der Waals surface area contributed by atoms with Crippen molar-refractivity contribution in [1.29, 1.82) is 0 Å². The first-order valence-electron chi connectivity index (χ1n) is 8.22. The third-order valence-corrected chi connectivity index (χ3v) is 4.81. The molecule has 0 radical (unpaired) electrons. The number of non-ortho nitro benzene ring substituents is 1. The van der Waals surface area contributed by atoms with E-state index in [4.69, 9.17) is 4.74 Å². The van der Waals surface area contributed by atoms with Crippen LogP contribution in [0.3, 0.4) is 0 Å². The molecule has 1 fully saturated rings. The maximum atomic E-state index is 12.3. The summed E-state index contributed by atoms with van der Waals surface area (Å²) in [6.07, 6.45) is 2.40. The Bertz CT molecular complexity index is 853. The van der Waals surface area contributed by atoms with E-state index in [0.717, 1.165) is 0 Å². The van der Waals surface area contributed by atoms with Crippen LogP contribution in [0.1, 0.15) is 12.8 Å². The van der Waals surface area contributed by atoms with E-state index in [1.807, 2.05) is 0 Å². The number of carbonyl (C=O) groups is 2. The number of nitro benzene ring substituents is 1. The number of nitrogens with zero attached hydrogens (tertiary/aromatic N) is 2. The Morgan fingerprint density at radius 3 is 2.69 bits per heavy atom. The molecule has 1 saturated heterocycles. The van der Waals surface area contributed by atoms with E-state index >= 15 is 0 Å². The van der Waals surface area contributed by atoms with Crippen molar-refractivity contribution in [3.63, 3.8) is 0 Å². The second kappa shape index (κ2) is 7.12. The number of ether oxygens (including phenoxy) is 1. The molecule has 1 aromatic carbocycles. The summed E-state index contributed by atoms with van der Waals surface area (Å²) < 4.78 is 6.89. The molecule has 1 aromatic heterocycles. The van der Waals surface area contributed by atoms with Crippen LogP contribution in [0.4, 0.5) is 5.69 Å². The minimum absolute atomic E-state index is 0.00745. The van der Waals surface area contributed by atoms with Gasteiger partial charge < -0.3 is 19.7 Å². The van der Waals surface area contributed by atoms with Crippen molar-refractivity contribution in [2.75, 3.05) is 19.8 Å². The van der Waals surface area contributed by atoms with E-state index in [1.165, 1.54) is 12.1 Å². The predicted octanol–water partition coefficient (Wildman–Crippen LogP) is 1.55. The van der Waals surface area contributed by atoms with Crippen LogP contribution in [-0.2, 0) is 20.9 Å². The zero-order valence-corrected chi connectivity index (χ0v) is 14.0. The molecule has 0 unspecified atom stereocenters. The molecule has 2 aromatic rings. The van der Waals surface area contributed by atoms with Gasteiger partial charge >= 0.3 is 5.97 Å². The Hall–Kier alpha value is -2.94. The van der Waals surface area contributed by atoms with Crippen molar-refractivity contribution in [3.8, 4) is 0 Å². The number of nitro groups is 1. The van der Waals surface area contributed by atoms with Gasteiger partial charge in [-0.2, -0.15) is 0 Å². The second-order valence-electron chi connectivity index (χ2n) is 6.42. The van der Waals surface area contributed by atoms with E-state index in [2.05, 4.69) is 5.32 Å². The van der Waals surface area contributed by atoms with Gasteiger partial charge in [-0.3, -0.25) is 19.7 Å². The summed E-state index contributed by atoms with van der Waals surface area (Å²) in [7, 11) is 0. The SMILES string of the molecule is O=C(Cn1ccc2cc([N+](=O)[O-])ccc21)NCC1(C(=O)O)CCOCC1. The average Bonchev–Trinajstić information content (AvgIpc) is 3.02. The zero-order chi connectivity index (χ0) is 18.7. The van der Waals surface area contributed by atoms with Crippen molar-refractivity contribution in [1.82, 2.24) is 9.88 Å². The lowest BCUT2D eigenvalue weighted by atomic mass is 9.80. The number of fused-ring (bicyclic) bond motifs is 1. The largest absolute Gasteiger partial charge is 0.481 e. The number of hydrogen-bond donors (Lipinski definition) is 2. The van der Waals surface area contributed by atoms with E-state index in [0.29, 0.717) is 37.0 Å². The molecule has 2 N–H and O–H groups in total. The predicted molar refractivity (Wildman–Crippen MR) is 91.7 cm³/mol. The number of hydrogen-bond acceptors (Lipinski definition) is 5. The van der Waals surface area contributed by atoms with Crippen LogP contribution < -0.4 is 5.32 Å². The highest BCUT2D eigenvalue weighted by atomic mass is 16.6. The van der Waals surface area contributed by atoms with Crippen LogP contribution in [0.25, 0.3) is 10.9 Å². The molecule has 2 heterocycles. The number of aromatic nitrogens is 1. The molecule has 1 aliphatic heterocycles. The summed E-state index contributed by atoms with van der Waals surface area (Å²) in [6.45, 7) is 0.787. The molecule has 0 saturated carbocycles. The number of carbonyl (C=O) groups excluding carboxylic acids is 1. The Kier molecular flexibility index (Phi) is 4.90. The van der Waals surface area contributed by atoms with Crippen LogP contribution in [0.2, 0.25) is 0 Å². The topological polar surface area (TPSA) is 124 Å². The monoisotopic (exact) mass is 361 g/mol. The van der Waals surface area contributed by atoms with Gasteiger partial charge in [-0.05, 0) is 25.0 Å². The van der Waals surface area contributed by atoms with Gasteiger partial charge in [0, 0.05) is 49.0 Å². The van der Waals surface area contributed by atoms with E-state index in [-0.39, 0.29) is 24.7 Å². The van der Waals surface area contributed by atoms with Crippen LogP contribution in [0, 0.1) is 15.5 Å². The quantitative estimate of drug-likeness (QED) is 0.594. The minimum atomic E-state index is -0.993. The molecular weight excluding hydrogens is 342 g/mol. The average molecular weight is 361 g/mol. The van der Waals surface area contributed by atoms with Gasteiger partial charge in [-0.25, -0.2) is 0 Å². The maximum Gasteiger partial charge on any atom is 0.311 e. The highest BCUT2D eigenvalue weighted by Gasteiger charge is 2.40. The number of carboxylic acids is 1. The standard InChI is InChI=1S/C17H19N3O6/c21-15(18-11-17(16(22)23)4-7-26-8-5-17)10-19-6-3-12-9-13(20(24)25)1-2-14(12)19/h1-3,6,9H,4-5,7-8,10-11H2,(H,18,21)(H,22,23). The first-order chi connectivity index (χ1) is 12.4. The van der Waals surface area contributed by atoms with E-state index < -0.39 is 16.3 Å². The van der Waals surface area contributed by atoms with Crippen molar-refractivity contribution in [2.45, 2.75) is 19.4 Å². The minimum Gasteiger partial charge on any atom is -0.481 e. The van der Waals surface area contributed by atoms with Gasteiger partial charge in [0.1, 0.15) is 6.54 Å². The van der Waals surface area contributed by atoms with Gasteiger partial charge in [-0.15, -0.1) is 0 Å². The lowest BCUT2D eigenvalue weighted by Gasteiger charge is -2.33. The summed E-state index contributed by atoms with van der Waals surface area (Å²) in [5, 5.41) is 23.7. The number of carboxylic acid groups (broad SMARTS) is 1. The molecule has 0 bridgehead atoms. The van der Waals surface area contributed by atoms with E-state index in [1.54, 1.807) is 22.9 Å². The molecule has 26 heavy (non-hydrogen) atoms. The molecule has 138 valence electrons. The fraction of sp³-hybridized carbons (Fsp3) is 0.412. The smallest absolute Gasteiger partial charge is 0.311 e. The summed E-state index contributed by atoms with van der Waals surface area (Å²) >= 11 is 0. The summed E-state index contributed by atoms with van der Waals surface area (Å²) in [6, 6.07) is 6.13. The molecule has 1 amide bonds. The van der Waals surface area contributed by atoms with Crippen LogP contribution in [0.15, 0.2) is 30.5 Å². The molecule has 0 spiro atoms. The normalized spacial score (nSPS) is 16.3. The van der Waals surface area contributed by atoms with Crippen molar-refractivity contribution in [3.05, 3.63) is 40.6 Å². The van der Waals surface area contributed by atoms with Crippen LogP contribution in [0.5, 0.6) is 0 Å². The molecule has 0 atom stereocenters. The van der Waals surface area contributed by atoms with Gasteiger partial charge in [-0.1, -0.05) is 0 Å². The third kappa shape index (κ3) is 3.52. The van der Waals surface area contributed by atoms with Gasteiger partial charge in [0.05, 0.1) is 10.3 Å². The second-order valence-corrected chi connectivity index (χ2v) is 6.42. The molecule has 1 aliphatic rings. The fourth-order valence-corrected chi connectivity index (χ4v) is 3.15. The summed E-state index contributed by atoms with van der Waals surface area (Å²) in [5.74, 6) is -1.24. The van der Waals surface area contributed by atoms with Crippen molar-refractivity contribution >= 4 is 28.5 Å². The number of rotatable bonds is 6. The highest BCUT2D eigenvalue weighted by Crippen LogP contribution is 2.30. The summed E-state index contributed by atoms with van der Waals surface area (Å²) in [4.78, 5) is 34.2. The molecule has 3 rings (SSSR count). The number of aliphatic carboxylic acids is 1. The first kappa shape index (κ1) is 17.9. The van der Waals surface area contributed by atoms with Gasteiger partial charge in [0.2, 0.25) is 5.91 Å². The van der Waals surface area contributed by atoms with Gasteiger partial charge in [0.25, 0.3) is 5.69 Å². The third-order valence-electron chi connectivity index (χ3n) is 4.81. The van der Waals surface area contributed by atoms with Crippen LogP contribution in [-0.4, -0.2) is 46.2 Å². The highest BCUT2D eigenvalue weighted by molar-refractivity contribution is 5.85. The van der Waals surface area contributed by atoms with Crippen molar-refractivity contribution in [2.24, 2.45) is 5.41 Å². The molecule has 0 aliphatic carbocycles. The maximum absolute atomic E-state index is 12.3. The molecule has 9 nitrogen and oxygen atoms in total. The van der Waals surface area contributed by atoms with Gasteiger partial charge in [0.15, 0.2) is 0 Å². The van der Waals surface area contributed by atoms with Crippen molar-refractivity contribution < 1.29 is 24.4 Å². The Balaban J connectivity index is 1.67. The first-order valence-corrected chi connectivity index (χ1v) is 8.22. The molecule has 9 heteroatoms.